The highest BCUT2D eigenvalue weighted by Gasteiger charge is 2.07. The van der Waals surface area contributed by atoms with Gasteiger partial charge in [-0.25, -0.2) is 0 Å². The summed E-state index contributed by atoms with van der Waals surface area (Å²) in [5, 5.41) is 2.90. The van der Waals surface area contributed by atoms with E-state index in [-0.39, 0.29) is 5.91 Å². The van der Waals surface area contributed by atoms with Gasteiger partial charge in [-0.05, 0) is 32.4 Å². The topological polar surface area (TPSA) is 41.6 Å². The summed E-state index contributed by atoms with van der Waals surface area (Å²) < 4.78 is 4.92. The first-order valence-corrected chi connectivity index (χ1v) is 6.22. The second-order valence-corrected chi connectivity index (χ2v) is 3.97. The number of ether oxygens (including phenoxy) is 1. The lowest BCUT2D eigenvalue weighted by Gasteiger charge is -2.20. The van der Waals surface area contributed by atoms with Gasteiger partial charge in [0.1, 0.15) is 0 Å². The van der Waals surface area contributed by atoms with Crippen molar-refractivity contribution in [2.45, 2.75) is 33.1 Å². The van der Waals surface area contributed by atoms with Crippen molar-refractivity contribution in [3.63, 3.8) is 0 Å². The van der Waals surface area contributed by atoms with Crippen molar-refractivity contribution in [3.05, 3.63) is 0 Å². The van der Waals surface area contributed by atoms with Crippen LogP contribution in [0.2, 0.25) is 0 Å². The molecular formula is C12H26N2O2. The number of hydrogen-bond donors (Lipinski definition) is 1. The van der Waals surface area contributed by atoms with Crippen molar-refractivity contribution in [1.82, 2.24) is 10.2 Å². The largest absolute Gasteiger partial charge is 0.385 e. The summed E-state index contributed by atoms with van der Waals surface area (Å²) >= 11 is 0. The van der Waals surface area contributed by atoms with E-state index in [1.165, 1.54) is 0 Å². The van der Waals surface area contributed by atoms with Gasteiger partial charge in [-0.15, -0.1) is 0 Å². The Morgan fingerprint density at radius 2 is 1.88 bits per heavy atom. The van der Waals surface area contributed by atoms with E-state index in [0.717, 1.165) is 32.4 Å². The minimum Gasteiger partial charge on any atom is -0.385 e. The van der Waals surface area contributed by atoms with Gasteiger partial charge in [-0.1, -0.05) is 13.8 Å². The SMILES string of the molecule is CCCN(CCC)CC(=O)NCCCOC. The first-order valence-electron chi connectivity index (χ1n) is 6.22. The number of hydrogen-bond acceptors (Lipinski definition) is 3. The molecule has 16 heavy (non-hydrogen) atoms. The van der Waals surface area contributed by atoms with Crippen molar-refractivity contribution < 1.29 is 9.53 Å². The van der Waals surface area contributed by atoms with Gasteiger partial charge < -0.3 is 10.1 Å². The van der Waals surface area contributed by atoms with Crippen LogP contribution in [-0.4, -0.2) is 50.7 Å². The molecule has 0 aromatic carbocycles. The molecule has 1 amide bonds. The van der Waals surface area contributed by atoms with Gasteiger partial charge in [0.2, 0.25) is 5.91 Å². The lowest BCUT2D eigenvalue weighted by atomic mass is 10.3. The molecule has 0 saturated carbocycles. The molecule has 96 valence electrons. The van der Waals surface area contributed by atoms with Gasteiger partial charge in [0.05, 0.1) is 6.54 Å². The summed E-state index contributed by atoms with van der Waals surface area (Å²) in [4.78, 5) is 13.8. The highest BCUT2D eigenvalue weighted by molar-refractivity contribution is 5.77. The Labute approximate surface area is 99.3 Å². The monoisotopic (exact) mass is 230 g/mol. The number of nitrogens with one attached hydrogen (secondary N) is 1. The first kappa shape index (κ1) is 15.4. The third kappa shape index (κ3) is 8.68. The molecule has 0 rings (SSSR count). The van der Waals surface area contributed by atoms with Crippen molar-refractivity contribution in [1.29, 1.82) is 0 Å². The van der Waals surface area contributed by atoms with E-state index in [4.69, 9.17) is 4.74 Å². The summed E-state index contributed by atoms with van der Waals surface area (Å²) in [6, 6.07) is 0. The molecule has 0 heterocycles. The fourth-order valence-electron chi connectivity index (χ4n) is 1.61. The van der Waals surface area contributed by atoms with E-state index in [0.29, 0.717) is 19.7 Å². The van der Waals surface area contributed by atoms with Crippen molar-refractivity contribution in [2.75, 3.05) is 39.9 Å². The molecule has 0 aliphatic carbocycles. The molecule has 0 saturated heterocycles. The molecule has 1 N–H and O–H groups in total. The molecule has 0 aliphatic rings. The fourth-order valence-corrected chi connectivity index (χ4v) is 1.61. The Hall–Kier alpha value is -0.610. The van der Waals surface area contributed by atoms with Crippen LogP contribution in [0.5, 0.6) is 0 Å². The molecule has 4 heteroatoms. The molecule has 0 aliphatic heterocycles. The molecule has 0 unspecified atom stereocenters. The molecule has 0 aromatic heterocycles. The summed E-state index contributed by atoms with van der Waals surface area (Å²) in [7, 11) is 1.67. The van der Waals surface area contributed by atoms with Gasteiger partial charge in [-0.3, -0.25) is 9.69 Å². The molecule has 0 aromatic rings. The van der Waals surface area contributed by atoms with E-state index in [2.05, 4.69) is 24.1 Å². The average Bonchev–Trinajstić information content (AvgIpc) is 2.25. The maximum Gasteiger partial charge on any atom is 0.234 e. The van der Waals surface area contributed by atoms with Gasteiger partial charge >= 0.3 is 0 Å². The van der Waals surface area contributed by atoms with Crippen molar-refractivity contribution in [2.24, 2.45) is 0 Å². The van der Waals surface area contributed by atoms with Gasteiger partial charge in [0.25, 0.3) is 0 Å². The van der Waals surface area contributed by atoms with Gasteiger partial charge in [-0.2, -0.15) is 0 Å². The second-order valence-electron chi connectivity index (χ2n) is 3.97. The molecule has 0 spiro atoms. The first-order chi connectivity index (χ1) is 7.74. The van der Waals surface area contributed by atoms with E-state index < -0.39 is 0 Å². The van der Waals surface area contributed by atoms with Crippen molar-refractivity contribution >= 4 is 5.91 Å². The molecule has 0 atom stereocenters. The van der Waals surface area contributed by atoms with E-state index in [1.807, 2.05) is 0 Å². The number of carbonyl (C=O) groups excluding carboxylic acids is 1. The smallest absolute Gasteiger partial charge is 0.234 e. The zero-order valence-corrected chi connectivity index (χ0v) is 10.9. The second kappa shape index (κ2) is 10.9. The zero-order valence-electron chi connectivity index (χ0n) is 10.9. The number of amides is 1. The standard InChI is InChI=1S/C12H26N2O2/c1-4-8-14(9-5-2)11-12(15)13-7-6-10-16-3/h4-11H2,1-3H3,(H,13,15). The maximum atomic E-state index is 11.6. The van der Waals surface area contributed by atoms with Crippen LogP contribution in [0.3, 0.4) is 0 Å². The van der Waals surface area contributed by atoms with Crippen LogP contribution in [0.1, 0.15) is 33.1 Å². The van der Waals surface area contributed by atoms with Crippen LogP contribution in [0.15, 0.2) is 0 Å². The van der Waals surface area contributed by atoms with E-state index in [1.54, 1.807) is 7.11 Å². The van der Waals surface area contributed by atoms with Crippen LogP contribution in [-0.2, 0) is 9.53 Å². The maximum absolute atomic E-state index is 11.6. The van der Waals surface area contributed by atoms with Crippen LogP contribution in [0, 0.1) is 0 Å². The van der Waals surface area contributed by atoms with E-state index >= 15 is 0 Å². The molecule has 4 nitrogen and oxygen atoms in total. The third-order valence-corrected chi connectivity index (χ3v) is 2.29. The van der Waals surface area contributed by atoms with Crippen LogP contribution in [0.25, 0.3) is 0 Å². The Kier molecular flexibility index (Phi) is 10.5. The normalized spacial score (nSPS) is 10.8. The Bertz CT molecular complexity index is 168. The predicted molar refractivity (Wildman–Crippen MR) is 66.5 cm³/mol. The highest BCUT2D eigenvalue weighted by Crippen LogP contribution is 1.93. The number of methoxy groups -OCH3 is 1. The minimum absolute atomic E-state index is 0.123. The Balaban J connectivity index is 3.63. The summed E-state index contributed by atoms with van der Waals surface area (Å²) in [5.74, 6) is 0.123. The minimum atomic E-state index is 0.123. The lowest BCUT2D eigenvalue weighted by Crippen LogP contribution is -2.38. The zero-order chi connectivity index (χ0) is 12.2. The molecule has 0 fully saturated rings. The predicted octanol–water partition coefficient (Wildman–Crippen LogP) is 1.26. The summed E-state index contributed by atoms with van der Waals surface area (Å²) in [6.07, 6.45) is 3.07. The number of nitrogens with zero attached hydrogens (tertiary/aromatic N) is 1. The molecule has 0 radical (unpaired) electrons. The van der Waals surface area contributed by atoms with Crippen molar-refractivity contribution in [3.8, 4) is 0 Å². The number of rotatable bonds is 10. The summed E-state index contributed by atoms with van der Waals surface area (Å²) in [5.41, 5.74) is 0. The molecule has 0 bridgehead atoms. The molecular weight excluding hydrogens is 204 g/mol. The summed E-state index contributed by atoms with van der Waals surface area (Å²) in [6.45, 7) is 8.21. The van der Waals surface area contributed by atoms with Gasteiger partial charge in [0.15, 0.2) is 0 Å². The Morgan fingerprint density at radius 1 is 1.25 bits per heavy atom. The highest BCUT2D eigenvalue weighted by atomic mass is 16.5. The average molecular weight is 230 g/mol. The van der Waals surface area contributed by atoms with E-state index in [9.17, 15) is 4.79 Å². The van der Waals surface area contributed by atoms with Crippen LogP contribution in [0.4, 0.5) is 0 Å². The lowest BCUT2D eigenvalue weighted by molar-refractivity contribution is -0.122. The van der Waals surface area contributed by atoms with Crippen LogP contribution >= 0.6 is 0 Å². The van der Waals surface area contributed by atoms with Crippen LogP contribution < -0.4 is 5.32 Å². The van der Waals surface area contributed by atoms with Gasteiger partial charge in [0, 0.05) is 20.3 Å². The quantitative estimate of drug-likeness (QED) is 0.575. The Morgan fingerprint density at radius 3 is 2.38 bits per heavy atom. The number of carbonyl (C=O) groups is 1. The third-order valence-electron chi connectivity index (χ3n) is 2.29. The fraction of sp³-hybridized carbons (Fsp3) is 0.917.